The van der Waals surface area contributed by atoms with Gasteiger partial charge in [-0.25, -0.2) is 9.97 Å². The third-order valence-corrected chi connectivity index (χ3v) is 7.16. The fourth-order valence-corrected chi connectivity index (χ4v) is 5.36. The second kappa shape index (κ2) is 10.7. The molecule has 4 aromatic rings. The highest BCUT2D eigenvalue weighted by atomic mass is 32.1. The van der Waals surface area contributed by atoms with Crippen molar-refractivity contribution in [2.45, 2.75) is 40.5 Å². The molecule has 4 heterocycles. The van der Waals surface area contributed by atoms with Gasteiger partial charge in [0.05, 0.1) is 17.8 Å². The lowest BCUT2D eigenvalue weighted by Gasteiger charge is -2.16. The van der Waals surface area contributed by atoms with Gasteiger partial charge in [-0.15, -0.1) is 11.3 Å². The van der Waals surface area contributed by atoms with Crippen LogP contribution in [0.2, 0.25) is 0 Å². The van der Waals surface area contributed by atoms with E-state index in [1.54, 1.807) is 11.8 Å². The summed E-state index contributed by atoms with van der Waals surface area (Å²) in [5.74, 6) is 1.27. The lowest BCUT2D eigenvalue weighted by atomic mass is 10.1. The van der Waals surface area contributed by atoms with E-state index in [-0.39, 0.29) is 30.8 Å². The van der Waals surface area contributed by atoms with E-state index in [0.29, 0.717) is 28.9 Å². The van der Waals surface area contributed by atoms with Gasteiger partial charge in [0.1, 0.15) is 0 Å². The number of nitrogens with one attached hydrogen (secondary N) is 1. The number of carbonyl (C=O) groups is 2. The summed E-state index contributed by atoms with van der Waals surface area (Å²) in [5.41, 5.74) is 5.12. The molecule has 2 aromatic heterocycles. The minimum absolute atomic E-state index is 0.153. The van der Waals surface area contributed by atoms with E-state index in [2.05, 4.69) is 21.4 Å². The highest BCUT2D eigenvalue weighted by molar-refractivity contribution is 7.16. The van der Waals surface area contributed by atoms with Crippen LogP contribution >= 0.6 is 11.3 Å². The quantitative estimate of drug-likeness (QED) is 0.359. The van der Waals surface area contributed by atoms with E-state index in [0.717, 1.165) is 39.4 Å². The van der Waals surface area contributed by atoms with Gasteiger partial charge in [0.25, 0.3) is 5.91 Å². The lowest BCUT2D eigenvalue weighted by molar-refractivity contribution is -0.115. The summed E-state index contributed by atoms with van der Waals surface area (Å²) in [6.07, 6.45) is 2.24. The van der Waals surface area contributed by atoms with Crippen molar-refractivity contribution in [3.63, 3.8) is 0 Å². The van der Waals surface area contributed by atoms with Gasteiger partial charge in [-0.3, -0.25) is 9.59 Å². The number of aromatic nitrogens is 2. The van der Waals surface area contributed by atoms with Crippen molar-refractivity contribution in [2.24, 2.45) is 0 Å². The Labute approximate surface area is 224 Å². The van der Waals surface area contributed by atoms with E-state index >= 15 is 0 Å². The molecule has 10 heteroatoms. The average Bonchev–Trinajstić information content (AvgIpc) is 3.71. The fraction of sp³-hybridized carbons (Fsp3) is 0.286. The molecule has 2 aliphatic heterocycles. The predicted octanol–water partition coefficient (Wildman–Crippen LogP) is 5.55. The molecule has 0 saturated carbocycles. The molecule has 0 spiro atoms. The van der Waals surface area contributed by atoms with Crippen LogP contribution in [0.4, 0.5) is 10.8 Å². The molecule has 0 unspecified atom stereocenters. The zero-order valence-corrected chi connectivity index (χ0v) is 22.5. The van der Waals surface area contributed by atoms with Gasteiger partial charge in [0.15, 0.2) is 23.0 Å². The Balaban J connectivity index is 0.00000144. The van der Waals surface area contributed by atoms with E-state index in [1.807, 2.05) is 51.1 Å². The summed E-state index contributed by atoms with van der Waals surface area (Å²) < 4.78 is 16.0. The summed E-state index contributed by atoms with van der Waals surface area (Å²) in [7, 11) is 0. The number of aryl methyl sites for hydroxylation is 2. The topological polar surface area (TPSA) is 107 Å². The molecule has 2 amide bonds. The first-order valence-electron chi connectivity index (χ1n) is 12.5. The van der Waals surface area contributed by atoms with Crippen LogP contribution in [-0.4, -0.2) is 35.1 Å². The Morgan fingerprint density at radius 3 is 2.68 bits per heavy atom. The van der Waals surface area contributed by atoms with E-state index in [9.17, 15) is 9.59 Å². The third-order valence-electron chi connectivity index (χ3n) is 6.28. The molecule has 6 rings (SSSR count). The minimum Gasteiger partial charge on any atom is -0.454 e. The Hall–Kier alpha value is -4.18. The van der Waals surface area contributed by atoms with Gasteiger partial charge in [0.2, 0.25) is 18.5 Å². The van der Waals surface area contributed by atoms with Crippen LogP contribution < -0.4 is 19.7 Å². The molecule has 0 bridgehead atoms. The summed E-state index contributed by atoms with van der Waals surface area (Å²) in [4.78, 5) is 37.0. The number of oxazole rings is 1. The Morgan fingerprint density at radius 2 is 1.89 bits per heavy atom. The molecule has 0 fully saturated rings. The molecule has 0 saturated heterocycles. The van der Waals surface area contributed by atoms with Crippen LogP contribution in [0.15, 0.2) is 47.2 Å². The molecule has 2 aliphatic rings. The highest BCUT2D eigenvalue weighted by Gasteiger charge is 2.29. The summed E-state index contributed by atoms with van der Waals surface area (Å²) in [6, 6.07) is 11.5. The number of benzene rings is 2. The zero-order chi connectivity index (χ0) is 26.8. The number of fused-ring (bicyclic) bond motifs is 2. The van der Waals surface area contributed by atoms with Gasteiger partial charge in [-0.05, 0) is 55.7 Å². The van der Waals surface area contributed by atoms with E-state index < -0.39 is 0 Å². The van der Waals surface area contributed by atoms with Crippen LogP contribution in [-0.2, 0) is 17.6 Å². The molecule has 0 atom stereocenters. The number of ether oxygens (including phenoxy) is 2. The molecule has 0 aliphatic carbocycles. The number of anilines is 2. The first-order valence-corrected chi connectivity index (χ1v) is 13.3. The number of hydrogen-bond acceptors (Lipinski definition) is 8. The van der Waals surface area contributed by atoms with Crippen LogP contribution in [0.25, 0.3) is 11.3 Å². The lowest BCUT2D eigenvalue weighted by Crippen LogP contribution is -2.29. The van der Waals surface area contributed by atoms with Crippen LogP contribution in [0, 0.1) is 13.8 Å². The van der Waals surface area contributed by atoms with Gasteiger partial charge >= 0.3 is 0 Å². The van der Waals surface area contributed by atoms with Crippen molar-refractivity contribution in [1.82, 2.24) is 9.97 Å². The average molecular weight is 533 g/mol. The molecule has 9 nitrogen and oxygen atoms in total. The smallest absolute Gasteiger partial charge is 0.295 e. The van der Waals surface area contributed by atoms with Crippen molar-refractivity contribution in [3.8, 4) is 22.8 Å². The Morgan fingerprint density at radius 1 is 1.08 bits per heavy atom. The molecule has 2 aromatic carbocycles. The maximum atomic E-state index is 12.9. The SMILES string of the molecule is CC.Cc1ncoc1C(=O)N1CCc2cc(-c3nc(NC(=O)Cc4ccc5c(c4)OCO5)sc3C)ccc21. The summed E-state index contributed by atoms with van der Waals surface area (Å²) in [5, 5.41) is 3.46. The number of hydrogen-bond donors (Lipinski definition) is 1. The normalized spacial score (nSPS) is 13.1. The predicted molar refractivity (Wildman–Crippen MR) is 145 cm³/mol. The minimum atomic E-state index is -0.186. The zero-order valence-electron chi connectivity index (χ0n) is 21.7. The van der Waals surface area contributed by atoms with Gasteiger partial charge in [0, 0.05) is 22.7 Å². The highest BCUT2D eigenvalue weighted by Crippen LogP contribution is 2.37. The van der Waals surface area contributed by atoms with Gasteiger partial charge < -0.3 is 24.1 Å². The Kier molecular flexibility index (Phi) is 7.15. The number of nitrogens with zero attached hydrogens (tertiary/aromatic N) is 3. The number of rotatable bonds is 5. The maximum Gasteiger partial charge on any atom is 0.295 e. The molecular formula is C28H28N4O5S. The molecular weight excluding hydrogens is 504 g/mol. The second-order valence-electron chi connectivity index (χ2n) is 8.65. The maximum absolute atomic E-state index is 12.9. The van der Waals surface area contributed by atoms with Crippen molar-refractivity contribution in [2.75, 3.05) is 23.6 Å². The molecule has 1 N–H and O–H groups in total. The van der Waals surface area contributed by atoms with E-state index in [4.69, 9.17) is 13.9 Å². The monoisotopic (exact) mass is 532 g/mol. The number of thiazole rings is 1. The van der Waals surface area contributed by atoms with Crippen LogP contribution in [0.5, 0.6) is 11.5 Å². The fourth-order valence-electron chi connectivity index (χ4n) is 4.51. The number of carbonyl (C=O) groups excluding carboxylic acids is 2. The summed E-state index contributed by atoms with van der Waals surface area (Å²) >= 11 is 1.44. The van der Waals surface area contributed by atoms with Gasteiger partial charge in [-0.1, -0.05) is 26.0 Å². The van der Waals surface area contributed by atoms with Crippen LogP contribution in [0.3, 0.4) is 0 Å². The van der Waals surface area contributed by atoms with Crippen molar-refractivity contribution >= 4 is 34.0 Å². The summed E-state index contributed by atoms with van der Waals surface area (Å²) in [6.45, 7) is 8.52. The number of amides is 2. The van der Waals surface area contributed by atoms with Crippen molar-refractivity contribution < 1.29 is 23.5 Å². The van der Waals surface area contributed by atoms with Crippen molar-refractivity contribution in [3.05, 3.63) is 70.3 Å². The third kappa shape index (κ3) is 4.87. The van der Waals surface area contributed by atoms with E-state index in [1.165, 1.54) is 17.7 Å². The molecule has 0 radical (unpaired) electrons. The largest absolute Gasteiger partial charge is 0.454 e. The van der Waals surface area contributed by atoms with Gasteiger partial charge in [-0.2, -0.15) is 0 Å². The first-order chi connectivity index (χ1) is 18.5. The van der Waals surface area contributed by atoms with Crippen LogP contribution in [0.1, 0.15) is 46.1 Å². The second-order valence-corrected chi connectivity index (χ2v) is 9.86. The molecule has 196 valence electrons. The standard InChI is InChI=1S/C26H22N4O5S.C2H6/c1-14-24(33-12-27-14)25(32)30-8-7-17-11-18(4-5-19(17)30)23-15(2)36-26(29-23)28-22(31)10-16-3-6-20-21(9-16)35-13-34-20;1-2/h3-6,9,11-12H,7-8,10,13H2,1-2H3,(H,28,29,31);1-2H3. The Bertz CT molecular complexity index is 1510. The molecule has 38 heavy (non-hydrogen) atoms. The first kappa shape index (κ1) is 25.5. The van der Waals surface area contributed by atoms with Crippen molar-refractivity contribution in [1.29, 1.82) is 0 Å².